The first kappa shape index (κ1) is 16.5. The number of aliphatic carboxylic acids is 1. The highest BCUT2D eigenvalue weighted by molar-refractivity contribution is 7.17. The average molecular weight is 321 g/mol. The van der Waals surface area contributed by atoms with Gasteiger partial charge in [-0.2, -0.15) is 0 Å². The number of carbonyl (C=O) groups is 2. The smallest absolute Gasteiger partial charge is 0.338 e. The van der Waals surface area contributed by atoms with Crippen molar-refractivity contribution in [3.05, 3.63) is 35.2 Å². The highest BCUT2D eigenvalue weighted by Crippen LogP contribution is 2.29. The van der Waals surface area contributed by atoms with Gasteiger partial charge in [0, 0.05) is 11.1 Å². The number of esters is 1. The van der Waals surface area contributed by atoms with Crippen LogP contribution in [0.15, 0.2) is 29.6 Å². The molecular weight excluding hydrogens is 302 g/mol. The SMILES string of the molecule is CC(C)(C)OC(=O)[C@@](N)(Cc1csc2ccccc12)C(=O)O. The molecule has 0 saturated carbocycles. The van der Waals surface area contributed by atoms with Crippen LogP contribution in [0.5, 0.6) is 0 Å². The molecule has 0 amide bonds. The highest BCUT2D eigenvalue weighted by Gasteiger charge is 2.46. The van der Waals surface area contributed by atoms with E-state index in [-0.39, 0.29) is 6.42 Å². The van der Waals surface area contributed by atoms with Crippen LogP contribution in [-0.4, -0.2) is 28.2 Å². The van der Waals surface area contributed by atoms with Crippen molar-refractivity contribution in [2.75, 3.05) is 0 Å². The zero-order chi connectivity index (χ0) is 16.5. The molecule has 2 rings (SSSR count). The number of rotatable bonds is 4. The van der Waals surface area contributed by atoms with Gasteiger partial charge < -0.3 is 15.6 Å². The quantitative estimate of drug-likeness (QED) is 0.667. The van der Waals surface area contributed by atoms with Gasteiger partial charge in [-0.05, 0) is 43.2 Å². The van der Waals surface area contributed by atoms with Gasteiger partial charge in [0.25, 0.3) is 0 Å². The number of ether oxygens (including phenoxy) is 1. The minimum absolute atomic E-state index is 0.110. The Bertz CT molecular complexity index is 716. The van der Waals surface area contributed by atoms with Gasteiger partial charge in [-0.25, -0.2) is 9.59 Å². The third kappa shape index (κ3) is 3.28. The fourth-order valence-electron chi connectivity index (χ4n) is 2.07. The van der Waals surface area contributed by atoms with Crippen molar-refractivity contribution < 1.29 is 19.4 Å². The van der Waals surface area contributed by atoms with E-state index in [2.05, 4.69) is 0 Å². The van der Waals surface area contributed by atoms with E-state index >= 15 is 0 Å². The molecule has 22 heavy (non-hydrogen) atoms. The first-order valence-corrected chi connectivity index (χ1v) is 7.72. The summed E-state index contributed by atoms with van der Waals surface area (Å²) in [5.41, 5.74) is 3.74. The van der Waals surface area contributed by atoms with Gasteiger partial charge in [0.05, 0.1) is 0 Å². The van der Waals surface area contributed by atoms with E-state index in [1.165, 1.54) is 11.3 Å². The Hall–Kier alpha value is -1.92. The number of carboxylic acid groups (broad SMARTS) is 1. The van der Waals surface area contributed by atoms with Crippen LogP contribution in [0, 0.1) is 0 Å². The molecule has 0 unspecified atom stereocenters. The molecular formula is C16H19NO4S. The molecule has 0 aliphatic rings. The highest BCUT2D eigenvalue weighted by atomic mass is 32.1. The van der Waals surface area contributed by atoms with Gasteiger partial charge in [0.2, 0.25) is 5.54 Å². The molecule has 1 heterocycles. The van der Waals surface area contributed by atoms with Crippen molar-refractivity contribution in [1.29, 1.82) is 0 Å². The number of hydrogen-bond donors (Lipinski definition) is 2. The fraction of sp³-hybridized carbons (Fsp3) is 0.375. The van der Waals surface area contributed by atoms with Crippen LogP contribution in [0.2, 0.25) is 0 Å². The summed E-state index contributed by atoms with van der Waals surface area (Å²) in [7, 11) is 0. The van der Waals surface area contributed by atoms with Crippen molar-refractivity contribution in [2.24, 2.45) is 5.73 Å². The molecule has 0 radical (unpaired) electrons. The van der Waals surface area contributed by atoms with Crippen molar-refractivity contribution in [2.45, 2.75) is 38.3 Å². The summed E-state index contributed by atoms with van der Waals surface area (Å²) in [6.07, 6.45) is -0.110. The van der Waals surface area contributed by atoms with Gasteiger partial charge in [-0.3, -0.25) is 0 Å². The minimum atomic E-state index is -2.10. The Morgan fingerprint density at radius 2 is 1.91 bits per heavy atom. The molecule has 2 aromatic rings. The predicted molar refractivity (Wildman–Crippen MR) is 85.9 cm³/mol. The second kappa shape index (κ2) is 5.70. The number of thiophene rings is 1. The van der Waals surface area contributed by atoms with Gasteiger partial charge >= 0.3 is 11.9 Å². The summed E-state index contributed by atoms with van der Waals surface area (Å²) in [5, 5.41) is 12.2. The van der Waals surface area contributed by atoms with Gasteiger partial charge in [-0.15, -0.1) is 11.3 Å². The zero-order valence-electron chi connectivity index (χ0n) is 12.8. The largest absolute Gasteiger partial charge is 0.479 e. The van der Waals surface area contributed by atoms with Gasteiger partial charge in [-0.1, -0.05) is 18.2 Å². The number of hydrogen-bond acceptors (Lipinski definition) is 5. The lowest BCUT2D eigenvalue weighted by Crippen LogP contribution is -2.58. The molecule has 0 bridgehead atoms. The predicted octanol–water partition coefficient (Wildman–Crippen LogP) is 2.57. The van der Waals surface area contributed by atoms with Crippen LogP contribution in [0.25, 0.3) is 10.1 Å². The molecule has 1 aromatic carbocycles. The van der Waals surface area contributed by atoms with E-state index in [1.54, 1.807) is 20.8 Å². The normalized spacial score (nSPS) is 14.5. The van der Waals surface area contributed by atoms with Crippen LogP contribution >= 0.6 is 11.3 Å². The van der Waals surface area contributed by atoms with Crippen molar-refractivity contribution >= 4 is 33.4 Å². The van der Waals surface area contributed by atoms with Gasteiger partial charge in [0.15, 0.2) is 0 Å². The number of carbonyl (C=O) groups excluding carboxylic acids is 1. The summed E-state index contributed by atoms with van der Waals surface area (Å²) < 4.78 is 6.21. The average Bonchev–Trinajstić information content (AvgIpc) is 2.80. The first-order chi connectivity index (χ1) is 10.1. The lowest BCUT2D eigenvalue weighted by atomic mass is 9.91. The van der Waals surface area contributed by atoms with Crippen LogP contribution in [0.3, 0.4) is 0 Å². The van der Waals surface area contributed by atoms with Crippen LogP contribution in [-0.2, 0) is 20.7 Å². The molecule has 0 spiro atoms. The monoisotopic (exact) mass is 321 g/mol. The van der Waals surface area contributed by atoms with Crippen molar-refractivity contribution in [3.63, 3.8) is 0 Å². The second-order valence-corrected chi connectivity index (χ2v) is 7.12. The Labute approximate surface area is 132 Å². The topological polar surface area (TPSA) is 89.6 Å². The summed E-state index contributed by atoms with van der Waals surface area (Å²) in [6.45, 7) is 5.02. The molecule has 118 valence electrons. The zero-order valence-corrected chi connectivity index (χ0v) is 13.6. The first-order valence-electron chi connectivity index (χ1n) is 6.84. The number of carboxylic acids is 1. The summed E-state index contributed by atoms with van der Waals surface area (Å²) >= 11 is 1.49. The standard InChI is InChI=1S/C16H19NO4S/c1-15(2,3)21-14(20)16(17,13(18)19)8-10-9-22-12-7-5-4-6-11(10)12/h4-7,9H,8,17H2,1-3H3,(H,18,19)/t16-/m1/s1. The molecule has 1 atom stereocenters. The summed E-state index contributed by atoms with van der Waals surface area (Å²) in [6, 6.07) is 7.60. The van der Waals surface area contributed by atoms with Crippen molar-refractivity contribution in [3.8, 4) is 0 Å². The number of benzene rings is 1. The molecule has 0 aliphatic carbocycles. The number of fused-ring (bicyclic) bond motifs is 1. The third-order valence-electron chi connectivity index (χ3n) is 3.18. The van der Waals surface area contributed by atoms with Crippen LogP contribution < -0.4 is 5.73 Å². The maximum absolute atomic E-state index is 12.3. The van der Waals surface area contributed by atoms with E-state index in [9.17, 15) is 14.7 Å². The Kier molecular flexibility index (Phi) is 4.26. The van der Waals surface area contributed by atoms with Gasteiger partial charge in [0.1, 0.15) is 5.60 Å². The second-order valence-electron chi connectivity index (χ2n) is 6.21. The molecule has 0 saturated heterocycles. The van der Waals surface area contributed by atoms with E-state index < -0.39 is 23.1 Å². The van der Waals surface area contributed by atoms with Crippen molar-refractivity contribution in [1.82, 2.24) is 0 Å². The summed E-state index contributed by atoms with van der Waals surface area (Å²) in [5.74, 6) is -2.32. The molecule has 6 heteroatoms. The minimum Gasteiger partial charge on any atom is -0.479 e. The third-order valence-corrected chi connectivity index (χ3v) is 4.19. The van der Waals surface area contributed by atoms with E-state index in [1.807, 2.05) is 29.6 Å². The number of nitrogens with two attached hydrogens (primary N) is 1. The summed E-state index contributed by atoms with van der Waals surface area (Å²) in [4.78, 5) is 23.8. The van der Waals surface area contributed by atoms with Crippen LogP contribution in [0.4, 0.5) is 0 Å². The molecule has 5 nitrogen and oxygen atoms in total. The molecule has 0 fully saturated rings. The Morgan fingerprint density at radius 1 is 1.27 bits per heavy atom. The Morgan fingerprint density at radius 3 is 2.50 bits per heavy atom. The van der Waals surface area contributed by atoms with E-state index in [0.29, 0.717) is 0 Å². The van der Waals surface area contributed by atoms with E-state index in [4.69, 9.17) is 10.5 Å². The Balaban J connectivity index is 2.36. The maximum Gasteiger partial charge on any atom is 0.338 e. The maximum atomic E-state index is 12.3. The lowest BCUT2D eigenvalue weighted by Gasteiger charge is -2.28. The molecule has 0 aliphatic heterocycles. The molecule has 3 N–H and O–H groups in total. The molecule has 1 aromatic heterocycles. The lowest BCUT2D eigenvalue weighted by molar-refractivity contribution is -0.169. The van der Waals surface area contributed by atoms with E-state index in [0.717, 1.165) is 15.6 Å². The van der Waals surface area contributed by atoms with Crippen LogP contribution in [0.1, 0.15) is 26.3 Å². The fourth-order valence-corrected chi connectivity index (χ4v) is 3.04.